The molecule has 1 atom stereocenters. The third-order valence-corrected chi connectivity index (χ3v) is 5.14. The maximum atomic E-state index is 9.71. The van der Waals surface area contributed by atoms with Crippen molar-refractivity contribution >= 4 is 0 Å². The molecule has 0 amide bonds. The van der Waals surface area contributed by atoms with E-state index in [-0.39, 0.29) is 13.2 Å². The highest BCUT2D eigenvalue weighted by molar-refractivity contribution is 5.64. The van der Waals surface area contributed by atoms with Gasteiger partial charge in [-0.05, 0) is 67.5 Å². The van der Waals surface area contributed by atoms with Crippen molar-refractivity contribution in [2.75, 3.05) is 13.2 Å². The molecule has 0 aliphatic carbocycles. The second kappa shape index (κ2) is 10.0. The van der Waals surface area contributed by atoms with Crippen LogP contribution in [0.3, 0.4) is 0 Å². The van der Waals surface area contributed by atoms with Gasteiger partial charge in [0, 0.05) is 24.0 Å². The summed E-state index contributed by atoms with van der Waals surface area (Å²) in [7, 11) is 0. The molecule has 3 aromatic rings. The molecule has 0 aliphatic rings. The Labute approximate surface area is 183 Å². The van der Waals surface area contributed by atoms with Crippen LogP contribution < -0.4 is 10.5 Å². The summed E-state index contributed by atoms with van der Waals surface area (Å²) in [4.78, 5) is 9.20. The molecule has 2 aromatic heterocycles. The standard InChI is InChI=1S/C24H32N4O3/c1-6-17-10-18(9-16(5)22(17)30-13-20(29)11-25)23-27-24(31-28-23)19-8-15(4)21(26-12-19)7-14(2)3/h8-10,12,14,20,29H,6-7,11,13,25H2,1-5H3/t20-/m0/s1. The lowest BCUT2D eigenvalue weighted by Crippen LogP contribution is -2.27. The number of aryl methyl sites for hydroxylation is 3. The molecule has 2 heterocycles. The average molecular weight is 425 g/mol. The summed E-state index contributed by atoms with van der Waals surface area (Å²) in [5, 5.41) is 13.9. The molecule has 166 valence electrons. The third kappa shape index (κ3) is 5.48. The van der Waals surface area contributed by atoms with Crippen LogP contribution in [0.15, 0.2) is 28.9 Å². The fourth-order valence-electron chi connectivity index (χ4n) is 3.47. The first kappa shape index (κ1) is 22.9. The van der Waals surface area contributed by atoms with Crippen molar-refractivity contribution in [1.29, 1.82) is 0 Å². The van der Waals surface area contributed by atoms with Gasteiger partial charge in [-0.2, -0.15) is 4.98 Å². The van der Waals surface area contributed by atoms with Gasteiger partial charge in [0.15, 0.2) is 0 Å². The Bertz CT molecular complexity index is 1030. The number of aliphatic hydroxyl groups is 1. The summed E-state index contributed by atoms with van der Waals surface area (Å²) in [6.45, 7) is 10.8. The van der Waals surface area contributed by atoms with Crippen molar-refractivity contribution in [2.24, 2.45) is 11.7 Å². The number of nitrogens with zero attached hydrogens (tertiary/aromatic N) is 3. The van der Waals surface area contributed by atoms with E-state index in [1.165, 1.54) is 0 Å². The Morgan fingerprint density at radius 1 is 1.13 bits per heavy atom. The van der Waals surface area contributed by atoms with Crippen LogP contribution in [0.5, 0.6) is 5.75 Å². The molecule has 0 spiro atoms. The van der Waals surface area contributed by atoms with E-state index >= 15 is 0 Å². The van der Waals surface area contributed by atoms with Crippen molar-refractivity contribution in [1.82, 2.24) is 15.1 Å². The molecule has 0 saturated heterocycles. The highest BCUT2D eigenvalue weighted by Crippen LogP contribution is 2.31. The Morgan fingerprint density at radius 2 is 1.87 bits per heavy atom. The minimum atomic E-state index is -0.687. The van der Waals surface area contributed by atoms with Crippen LogP contribution in [0.4, 0.5) is 0 Å². The van der Waals surface area contributed by atoms with Crippen molar-refractivity contribution in [2.45, 2.75) is 53.6 Å². The molecular formula is C24H32N4O3. The number of benzene rings is 1. The number of hydrogen-bond acceptors (Lipinski definition) is 7. The monoisotopic (exact) mass is 424 g/mol. The van der Waals surface area contributed by atoms with Crippen LogP contribution in [0, 0.1) is 19.8 Å². The second-order valence-electron chi connectivity index (χ2n) is 8.34. The van der Waals surface area contributed by atoms with Gasteiger partial charge in [-0.15, -0.1) is 0 Å². The average Bonchev–Trinajstić information content (AvgIpc) is 3.23. The highest BCUT2D eigenvalue weighted by Gasteiger charge is 2.17. The highest BCUT2D eigenvalue weighted by atomic mass is 16.5. The Kier molecular flexibility index (Phi) is 7.41. The zero-order valence-corrected chi connectivity index (χ0v) is 19.0. The molecule has 1 aromatic carbocycles. The third-order valence-electron chi connectivity index (χ3n) is 5.14. The van der Waals surface area contributed by atoms with Gasteiger partial charge >= 0.3 is 0 Å². The molecule has 7 heteroatoms. The van der Waals surface area contributed by atoms with Gasteiger partial charge in [-0.1, -0.05) is 25.9 Å². The number of aliphatic hydroxyl groups excluding tert-OH is 1. The first-order valence-electron chi connectivity index (χ1n) is 10.8. The maximum absolute atomic E-state index is 9.71. The first-order chi connectivity index (χ1) is 14.8. The number of ether oxygens (including phenoxy) is 1. The molecule has 0 bridgehead atoms. The molecule has 0 radical (unpaired) electrons. The minimum absolute atomic E-state index is 0.162. The van der Waals surface area contributed by atoms with Gasteiger partial charge in [0.1, 0.15) is 18.5 Å². The normalized spacial score (nSPS) is 12.4. The van der Waals surface area contributed by atoms with Crippen molar-refractivity contribution < 1.29 is 14.4 Å². The number of hydrogen-bond donors (Lipinski definition) is 2. The van der Waals surface area contributed by atoms with E-state index in [0.717, 1.165) is 52.1 Å². The molecule has 0 aliphatic heterocycles. The summed E-state index contributed by atoms with van der Waals surface area (Å²) in [6.07, 6.45) is 2.82. The predicted molar refractivity (Wildman–Crippen MR) is 121 cm³/mol. The summed E-state index contributed by atoms with van der Waals surface area (Å²) < 4.78 is 11.4. The molecule has 3 N–H and O–H groups in total. The van der Waals surface area contributed by atoms with Crippen LogP contribution >= 0.6 is 0 Å². The molecule has 0 unspecified atom stereocenters. The molecule has 0 saturated carbocycles. The lowest BCUT2D eigenvalue weighted by molar-refractivity contribution is 0.113. The van der Waals surface area contributed by atoms with Crippen molar-refractivity contribution in [3.05, 3.63) is 46.8 Å². The van der Waals surface area contributed by atoms with Gasteiger partial charge in [0.2, 0.25) is 5.82 Å². The quantitative estimate of drug-likeness (QED) is 0.537. The number of pyridine rings is 1. The van der Waals surface area contributed by atoms with E-state index in [2.05, 4.69) is 42.8 Å². The topological polar surface area (TPSA) is 107 Å². The largest absolute Gasteiger partial charge is 0.490 e. The van der Waals surface area contributed by atoms with Gasteiger partial charge in [0.25, 0.3) is 5.89 Å². The van der Waals surface area contributed by atoms with Crippen molar-refractivity contribution in [3.8, 4) is 28.6 Å². The SMILES string of the molecule is CCc1cc(-c2noc(-c3cnc(CC(C)C)c(C)c3)n2)cc(C)c1OC[C@@H](O)CN. The van der Waals surface area contributed by atoms with Crippen molar-refractivity contribution in [3.63, 3.8) is 0 Å². The Morgan fingerprint density at radius 3 is 2.52 bits per heavy atom. The predicted octanol–water partition coefficient (Wildman–Crippen LogP) is 3.87. The summed E-state index contributed by atoms with van der Waals surface area (Å²) in [5.74, 6) is 2.28. The molecule has 0 fully saturated rings. The number of rotatable bonds is 9. The lowest BCUT2D eigenvalue weighted by Gasteiger charge is -2.16. The van der Waals surface area contributed by atoms with Gasteiger partial charge < -0.3 is 20.1 Å². The molecule has 31 heavy (non-hydrogen) atoms. The number of nitrogens with two attached hydrogens (primary N) is 1. The van der Waals surface area contributed by atoms with E-state index in [1.54, 1.807) is 6.20 Å². The van der Waals surface area contributed by atoms with Gasteiger partial charge in [-0.3, -0.25) is 4.98 Å². The van der Waals surface area contributed by atoms with Crippen LogP contribution in [-0.2, 0) is 12.8 Å². The summed E-state index contributed by atoms with van der Waals surface area (Å²) in [5.41, 5.74) is 11.3. The van der Waals surface area contributed by atoms with Gasteiger partial charge in [-0.25, -0.2) is 0 Å². The maximum Gasteiger partial charge on any atom is 0.259 e. The van der Waals surface area contributed by atoms with Crippen LogP contribution in [0.1, 0.15) is 43.2 Å². The van der Waals surface area contributed by atoms with E-state index in [9.17, 15) is 5.11 Å². The van der Waals surface area contributed by atoms with Crippen LogP contribution in [0.2, 0.25) is 0 Å². The van der Waals surface area contributed by atoms with Gasteiger partial charge in [0.05, 0.1) is 5.56 Å². The number of aromatic nitrogens is 3. The minimum Gasteiger partial charge on any atom is -0.490 e. The van der Waals surface area contributed by atoms with E-state index in [0.29, 0.717) is 17.6 Å². The zero-order valence-electron chi connectivity index (χ0n) is 19.0. The van der Waals surface area contributed by atoms with Crippen LogP contribution in [0.25, 0.3) is 22.8 Å². The summed E-state index contributed by atoms with van der Waals surface area (Å²) >= 11 is 0. The Balaban J connectivity index is 1.87. The van der Waals surface area contributed by atoms with E-state index < -0.39 is 6.10 Å². The fraction of sp³-hybridized carbons (Fsp3) is 0.458. The zero-order chi connectivity index (χ0) is 22.5. The van der Waals surface area contributed by atoms with Crippen LogP contribution in [-0.4, -0.2) is 39.5 Å². The second-order valence-corrected chi connectivity index (χ2v) is 8.34. The first-order valence-corrected chi connectivity index (χ1v) is 10.8. The lowest BCUT2D eigenvalue weighted by atomic mass is 10.0. The van der Waals surface area contributed by atoms with E-state index in [4.69, 9.17) is 15.0 Å². The fourth-order valence-corrected chi connectivity index (χ4v) is 3.47. The molecular weight excluding hydrogens is 392 g/mol. The smallest absolute Gasteiger partial charge is 0.259 e. The Hall–Kier alpha value is -2.77. The van der Waals surface area contributed by atoms with E-state index in [1.807, 2.05) is 25.1 Å². The molecule has 7 nitrogen and oxygen atoms in total. The summed E-state index contributed by atoms with van der Waals surface area (Å²) in [6, 6.07) is 6.01. The molecule has 3 rings (SSSR count).